The summed E-state index contributed by atoms with van der Waals surface area (Å²) in [5.74, 6) is 1.82. The molecule has 3 aliphatic heterocycles. The Morgan fingerprint density at radius 2 is 1.79 bits per heavy atom. The van der Waals surface area contributed by atoms with Crippen LogP contribution in [0.5, 0.6) is 0 Å². The van der Waals surface area contributed by atoms with E-state index in [4.69, 9.17) is 0 Å². The van der Waals surface area contributed by atoms with E-state index in [1.807, 2.05) is 0 Å². The van der Waals surface area contributed by atoms with Crippen molar-refractivity contribution in [3.05, 3.63) is 35.4 Å². The average molecular weight is 255 g/mol. The van der Waals surface area contributed by atoms with E-state index in [2.05, 4.69) is 43.0 Å². The molecule has 0 amide bonds. The highest BCUT2D eigenvalue weighted by Crippen LogP contribution is 2.65. The molecule has 1 spiro atoms. The molecule has 3 atom stereocenters. The summed E-state index contributed by atoms with van der Waals surface area (Å²) in [5, 5.41) is 0. The fraction of sp³-hybridized carbons (Fsp3) is 0.588. The van der Waals surface area contributed by atoms with Gasteiger partial charge in [0, 0.05) is 11.8 Å². The molecule has 4 aliphatic rings. The second-order valence-electron chi connectivity index (χ2n) is 6.63. The van der Waals surface area contributed by atoms with Gasteiger partial charge in [-0.15, -0.1) is 0 Å². The van der Waals surface area contributed by atoms with Gasteiger partial charge in [0.05, 0.1) is 5.54 Å². The number of rotatable bonds is 1. The minimum atomic E-state index is -0.129. The van der Waals surface area contributed by atoms with Crippen LogP contribution in [0.1, 0.15) is 36.8 Å². The fourth-order valence-electron chi connectivity index (χ4n) is 4.72. The summed E-state index contributed by atoms with van der Waals surface area (Å²) in [7, 11) is 0. The number of hydrogen-bond donors (Lipinski definition) is 0. The van der Waals surface area contributed by atoms with Crippen LogP contribution in [-0.4, -0.2) is 29.3 Å². The Morgan fingerprint density at radius 3 is 2.37 bits per heavy atom. The van der Waals surface area contributed by atoms with E-state index in [0.29, 0.717) is 23.5 Å². The second kappa shape index (κ2) is 3.69. The molecule has 0 aromatic heterocycles. The van der Waals surface area contributed by atoms with E-state index in [1.165, 1.54) is 11.1 Å². The van der Waals surface area contributed by atoms with Gasteiger partial charge in [-0.1, -0.05) is 36.8 Å². The van der Waals surface area contributed by atoms with Gasteiger partial charge in [0.1, 0.15) is 0 Å². The van der Waals surface area contributed by atoms with Crippen molar-refractivity contribution in [2.45, 2.75) is 38.1 Å². The Balaban J connectivity index is 1.73. The molecule has 0 N–H and O–H groups in total. The quantitative estimate of drug-likeness (QED) is 0.769. The standard InChI is InChI=1S/C17H21NO/c1-11-3-5-13(6-4-11)15-12(2)17(15)16(19)14-7-9-18(17)10-8-14/h3-6,12,14-15H,7-10H2,1-2H3/t12-,15-,17+/m1/s1. The highest BCUT2D eigenvalue weighted by atomic mass is 16.1. The number of piperidine rings is 3. The first-order valence-corrected chi connectivity index (χ1v) is 7.51. The van der Waals surface area contributed by atoms with Gasteiger partial charge in [0.25, 0.3) is 0 Å². The molecule has 2 heteroatoms. The van der Waals surface area contributed by atoms with Gasteiger partial charge in [0.15, 0.2) is 5.78 Å². The Hall–Kier alpha value is -1.15. The lowest BCUT2D eigenvalue weighted by Crippen LogP contribution is -2.59. The van der Waals surface area contributed by atoms with Gasteiger partial charge in [-0.25, -0.2) is 0 Å². The Morgan fingerprint density at radius 1 is 1.16 bits per heavy atom. The molecule has 1 aromatic rings. The first kappa shape index (κ1) is 11.7. The molecule has 1 aliphatic carbocycles. The summed E-state index contributed by atoms with van der Waals surface area (Å²) >= 11 is 0. The lowest BCUT2D eigenvalue weighted by atomic mass is 9.78. The maximum atomic E-state index is 12.8. The largest absolute Gasteiger partial charge is 0.297 e. The van der Waals surface area contributed by atoms with Crippen molar-refractivity contribution in [2.75, 3.05) is 13.1 Å². The molecule has 5 rings (SSSR count). The molecule has 19 heavy (non-hydrogen) atoms. The van der Waals surface area contributed by atoms with Crippen LogP contribution < -0.4 is 0 Å². The molecule has 2 bridgehead atoms. The second-order valence-corrected chi connectivity index (χ2v) is 6.63. The van der Waals surface area contributed by atoms with Crippen molar-refractivity contribution >= 4 is 5.78 Å². The maximum Gasteiger partial charge on any atom is 0.157 e. The summed E-state index contributed by atoms with van der Waals surface area (Å²) in [6, 6.07) is 8.80. The van der Waals surface area contributed by atoms with Crippen LogP contribution in [0.25, 0.3) is 0 Å². The van der Waals surface area contributed by atoms with Gasteiger partial charge in [-0.3, -0.25) is 9.69 Å². The zero-order valence-electron chi connectivity index (χ0n) is 11.7. The molecule has 100 valence electrons. The van der Waals surface area contributed by atoms with Gasteiger partial charge >= 0.3 is 0 Å². The predicted octanol–water partition coefficient (Wildman–Crippen LogP) is 2.76. The molecule has 2 nitrogen and oxygen atoms in total. The van der Waals surface area contributed by atoms with Gasteiger partial charge < -0.3 is 0 Å². The minimum absolute atomic E-state index is 0.129. The van der Waals surface area contributed by atoms with Crippen molar-refractivity contribution in [1.82, 2.24) is 4.90 Å². The lowest BCUT2D eigenvalue weighted by molar-refractivity contribution is -0.140. The summed E-state index contributed by atoms with van der Waals surface area (Å²) in [6.07, 6.45) is 2.18. The van der Waals surface area contributed by atoms with E-state index < -0.39 is 0 Å². The van der Waals surface area contributed by atoms with Crippen LogP contribution in [-0.2, 0) is 4.79 Å². The number of carbonyl (C=O) groups is 1. The number of Topliss-reactive ketones (excluding diaryl/α,β-unsaturated/α-hetero) is 1. The molecule has 3 heterocycles. The van der Waals surface area contributed by atoms with Crippen molar-refractivity contribution in [3.8, 4) is 0 Å². The highest BCUT2D eigenvalue weighted by Gasteiger charge is 2.73. The Bertz CT molecular complexity index is 527. The Kier molecular flexibility index (Phi) is 2.27. The topological polar surface area (TPSA) is 20.3 Å². The molecule has 4 fully saturated rings. The number of nitrogens with zero attached hydrogens (tertiary/aromatic N) is 1. The SMILES string of the molecule is Cc1ccc([C@H]2[C@@H](C)[C@@]23C(=O)C2CCN3CC2)cc1. The number of ketones is 1. The first-order valence-electron chi connectivity index (χ1n) is 7.51. The van der Waals surface area contributed by atoms with Crippen molar-refractivity contribution in [1.29, 1.82) is 0 Å². The summed E-state index contributed by atoms with van der Waals surface area (Å²) in [6.45, 7) is 6.64. The van der Waals surface area contributed by atoms with E-state index in [1.54, 1.807) is 0 Å². The van der Waals surface area contributed by atoms with Gasteiger partial charge in [-0.05, 0) is 44.3 Å². The molecule has 3 saturated heterocycles. The molecule has 0 radical (unpaired) electrons. The van der Waals surface area contributed by atoms with Gasteiger partial charge in [-0.2, -0.15) is 0 Å². The summed E-state index contributed by atoms with van der Waals surface area (Å²) in [4.78, 5) is 15.3. The molecule has 1 aromatic carbocycles. The zero-order chi connectivity index (χ0) is 13.2. The summed E-state index contributed by atoms with van der Waals surface area (Å²) < 4.78 is 0. The van der Waals surface area contributed by atoms with Crippen LogP contribution in [0, 0.1) is 18.8 Å². The molecular weight excluding hydrogens is 234 g/mol. The van der Waals surface area contributed by atoms with Crippen LogP contribution >= 0.6 is 0 Å². The van der Waals surface area contributed by atoms with Crippen molar-refractivity contribution < 1.29 is 4.79 Å². The maximum absolute atomic E-state index is 12.8. The third kappa shape index (κ3) is 1.33. The normalized spacial score (nSPS) is 43.8. The third-order valence-electron chi connectivity index (χ3n) is 5.78. The first-order chi connectivity index (χ1) is 9.15. The molecule has 0 unspecified atom stereocenters. The van der Waals surface area contributed by atoms with E-state index in [9.17, 15) is 4.79 Å². The summed E-state index contributed by atoms with van der Waals surface area (Å²) in [5.41, 5.74) is 2.53. The Labute approximate surface area is 114 Å². The van der Waals surface area contributed by atoms with Crippen LogP contribution in [0.15, 0.2) is 24.3 Å². The zero-order valence-corrected chi connectivity index (χ0v) is 11.7. The molecule has 1 saturated carbocycles. The monoisotopic (exact) mass is 255 g/mol. The van der Waals surface area contributed by atoms with Crippen LogP contribution in [0.4, 0.5) is 0 Å². The average Bonchev–Trinajstić information content (AvgIpc) is 3.03. The van der Waals surface area contributed by atoms with E-state index in [0.717, 1.165) is 25.9 Å². The van der Waals surface area contributed by atoms with Crippen molar-refractivity contribution in [3.63, 3.8) is 0 Å². The number of benzene rings is 1. The molecular formula is C17H21NO. The third-order valence-corrected chi connectivity index (χ3v) is 5.78. The predicted molar refractivity (Wildman–Crippen MR) is 75.1 cm³/mol. The van der Waals surface area contributed by atoms with Crippen LogP contribution in [0.3, 0.4) is 0 Å². The van der Waals surface area contributed by atoms with Crippen LogP contribution in [0.2, 0.25) is 0 Å². The number of fused-ring (bicyclic) bond motifs is 2. The van der Waals surface area contributed by atoms with E-state index >= 15 is 0 Å². The van der Waals surface area contributed by atoms with Crippen molar-refractivity contribution in [2.24, 2.45) is 11.8 Å². The number of carbonyl (C=O) groups excluding carboxylic acids is 1. The lowest BCUT2D eigenvalue weighted by Gasteiger charge is -2.46. The fourth-order valence-corrected chi connectivity index (χ4v) is 4.72. The van der Waals surface area contributed by atoms with Gasteiger partial charge in [0.2, 0.25) is 0 Å². The smallest absolute Gasteiger partial charge is 0.157 e. The van der Waals surface area contributed by atoms with E-state index in [-0.39, 0.29) is 5.54 Å². The highest BCUT2D eigenvalue weighted by molar-refractivity contribution is 5.97. The number of hydrogen-bond acceptors (Lipinski definition) is 2. The number of aryl methyl sites for hydroxylation is 1. The minimum Gasteiger partial charge on any atom is -0.297 e.